The Morgan fingerprint density at radius 2 is 1.77 bits per heavy atom. The molecule has 1 N–H and O–H groups in total. The Kier molecular flexibility index (Phi) is 6.53. The van der Waals surface area contributed by atoms with Crippen LogP contribution in [0.2, 0.25) is 0 Å². The van der Waals surface area contributed by atoms with Crippen molar-refractivity contribution in [3.05, 3.63) is 71.3 Å². The molecule has 0 heterocycles. The topological polar surface area (TPSA) is 29.1 Å². The molecule has 2 rings (SSSR count). The Balaban J connectivity index is 1.69. The molecule has 0 saturated carbocycles. The normalized spacial score (nSPS) is 11.9. The lowest BCUT2D eigenvalue weighted by molar-refractivity contribution is -0.118. The largest absolute Gasteiger partial charge is 0.355 e. The molecule has 0 unspecified atom stereocenters. The van der Waals surface area contributed by atoms with Crippen LogP contribution in [0.15, 0.2) is 54.6 Å². The number of amides is 1. The number of carbonyl (C=O) groups excluding carboxylic acids is 1. The van der Waals surface area contributed by atoms with E-state index in [4.69, 9.17) is 0 Å². The summed E-state index contributed by atoms with van der Waals surface area (Å²) in [7, 11) is 0. The van der Waals surface area contributed by atoms with Crippen LogP contribution in [-0.4, -0.2) is 18.2 Å². The molecule has 22 heavy (non-hydrogen) atoms. The van der Waals surface area contributed by atoms with E-state index in [0.29, 0.717) is 18.2 Å². The van der Waals surface area contributed by atoms with E-state index >= 15 is 0 Å². The maximum absolute atomic E-state index is 11.9. The van der Waals surface area contributed by atoms with Crippen LogP contribution in [0.5, 0.6) is 0 Å². The molecule has 0 aliphatic rings. The van der Waals surface area contributed by atoms with Crippen LogP contribution in [0.1, 0.15) is 29.5 Å². The van der Waals surface area contributed by atoms with Crippen molar-refractivity contribution >= 4 is 17.7 Å². The summed E-state index contributed by atoms with van der Waals surface area (Å²) in [5.41, 5.74) is 3.85. The van der Waals surface area contributed by atoms with E-state index in [1.54, 1.807) is 11.8 Å². The van der Waals surface area contributed by atoms with E-state index in [9.17, 15) is 4.79 Å². The molecule has 0 aromatic heterocycles. The minimum absolute atomic E-state index is 0.112. The van der Waals surface area contributed by atoms with Crippen LogP contribution in [0, 0.1) is 6.92 Å². The van der Waals surface area contributed by atoms with Crippen molar-refractivity contribution in [2.75, 3.05) is 12.3 Å². The van der Waals surface area contributed by atoms with Crippen LogP contribution in [0.4, 0.5) is 0 Å². The Bertz CT molecular complexity index is 597. The number of aryl methyl sites for hydroxylation is 1. The number of hydrogen-bond acceptors (Lipinski definition) is 2. The van der Waals surface area contributed by atoms with Gasteiger partial charge in [-0.25, -0.2) is 0 Å². The highest BCUT2D eigenvalue weighted by Crippen LogP contribution is 2.16. The average Bonchev–Trinajstić information content (AvgIpc) is 2.55. The SMILES string of the molecule is Cc1ccccc1CSCC(=O)NC[C@H](C)c1ccccc1. The smallest absolute Gasteiger partial charge is 0.230 e. The number of benzene rings is 2. The van der Waals surface area contributed by atoms with Gasteiger partial charge in [-0.05, 0) is 29.5 Å². The number of carbonyl (C=O) groups is 1. The summed E-state index contributed by atoms with van der Waals surface area (Å²) in [6.07, 6.45) is 0. The van der Waals surface area contributed by atoms with E-state index in [-0.39, 0.29) is 5.91 Å². The molecule has 3 heteroatoms. The maximum atomic E-state index is 11.9. The summed E-state index contributed by atoms with van der Waals surface area (Å²) >= 11 is 1.66. The van der Waals surface area contributed by atoms with Crippen molar-refractivity contribution in [2.24, 2.45) is 0 Å². The summed E-state index contributed by atoms with van der Waals surface area (Å²) in [5.74, 6) is 1.84. The first-order valence-electron chi connectivity index (χ1n) is 7.60. The fourth-order valence-corrected chi connectivity index (χ4v) is 3.18. The first-order chi connectivity index (χ1) is 10.7. The first kappa shape index (κ1) is 16.6. The van der Waals surface area contributed by atoms with Crippen LogP contribution in [-0.2, 0) is 10.5 Å². The zero-order chi connectivity index (χ0) is 15.8. The number of rotatable bonds is 7. The van der Waals surface area contributed by atoms with Crippen molar-refractivity contribution in [1.82, 2.24) is 5.32 Å². The molecule has 0 aliphatic carbocycles. The van der Waals surface area contributed by atoms with Gasteiger partial charge in [-0.15, -0.1) is 11.8 Å². The molecule has 0 spiro atoms. The molecular weight excluding hydrogens is 290 g/mol. The third-order valence-electron chi connectivity index (χ3n) is 3.73. The molecule has 0 saturated heterocycles. The highest BCUT2D eigenvalue weighted by atomic mass is 32.2. The van der Waals surface area contributed by atoms with Gasteiger partial charge in [0.25, 0.3) is 0 Å². The van der Waals surface area contributed by atoms with Gasteiger partial charge in [-0.2, -0.15) is 0 Å². The van der Waals surface area contributed by atoms with Crippen molar-refractivity contribution in [3.63, 3.8) is 0 Å². The fourth-order valence-electron chi connectivity index (χ4n) is 2.24. The molecule has 2 aromatic rings. The molecule has 0 radical (unpaired) electrons. The zero-order valence-electron chi connectivity index (χ0n) is 13.2. The van der Waals surface area contributed by atoms with Crippen LogP contribution < -0.4 is 5.32 Å². The van der Waals surface area contributed by atoms with E-state index in [0.717, 1.165) is 5.75 Å². The predicted octanol–water partition coefficient (Wildman–Crippen LogP) is 4.15. The highest BCUT2D eigenvalue weighted by molar-refractivity contribution is 7.99. The molecule has 0 fully saturated rings. The molecule has 2 nitrogen and oxygen atoms in total. The molecule has 1 atom stereocenters. The van der Waals surface area contributed by atoms with Gasteiger partial charge < -0.3 is 5.32 Å². The second-order valence-corrected chi connectivity index (χ2v) is 6.52. The standard InChI is InChI=1S/C19H23NOS/c1-15-8-6-7-11-18(15)13-22-14-19(21)20-12-16(2)17-9-4-3-5-10-17/h3-11,16H,12-14H2,1-2H3,(H,20,21)/t16-/m0/s1. The zero-order valence-corrected chi connectivity index (χ0v) is 14.0. The summed E-state index contributed by atoms with van der Waals surface area (Å²) in [6.45, 7) is 4.93. The van der Waals surface area contributed by atoms with Crippen molar-refractivity contribution in [1.29, 1.82) is 0 Å². The molecule has 116 valence electrons. The van der Waals surface area contributed by atoms with E-state index in [2.05, 4.69) is 43.4 Å². The van der Waals surface area contributed by atoms with E-state index in [1.165, 1.54) is 16.7 Å². The highest BCUT2D eigenvalue weighted by Gasteiger charge is 2.08. The Morgan fingerprint density at radius 3 is 2.50 bits per heavy atom. The number of thioether (sulfide) groups is 1. The third-order valence-corrected chi connectivity index (χ3v) is 4.71. The Hall–Kier alpha value is -1.74. The summed E-state index contributed by atoms with van der Waals surface area (Å²) in [5, 5.41) is 3.02. The molecule has 2 aromatic carbocycles. The lowest BCUT2D eigenvalue weighted by Crippen LogP contribution is -2.29. The molecular formula is C19H23NOS. The van der Waals surface area contributed by atoms with Gasteiger partial charge in [0.15, 0.2) is 0 Å². The molecule has 0 aliphatic heterocycles. The average molecular weight is 313 g/mol. The monoisotopic (exact) mass is 313 g/mol. The minimum atomic E-state index is 0.112. The second kappa shape index (κ2) is 8.64. The van der Waals surface area contributed by atoms with Crippen molar-refractivity contribution in [3.8, 4) is 0 Å². The van der Waals surface area contributed by atoms with Gasteiger partial charge in [0.05, 0.1) is 5.75 Å². The van der Waals surface area contributed by atoms with Gasteiger partial charge in [-0.1, -0.05) is 61.5 Å². The van der Waals surface area contributed by atoms with Gasteiger partial charge in [0, 0.05) is 12.3 Å². The maximum Gasteiger partial charge on any atom is 0.230 e. The lowest BCUT2D eigenvalue weighted by atomic mass is 10.0. The van der Waals surface area contributed by atoms with Crippen LogP contribution in [0.25, 0.3) is 0 Å². The fraction of sp³-hybridized carbons (Fsp3) is 0.316. The van der Waals surface area contributed by atoms with E-state index in [1.807, 2.05) is 30.3 Å². The predicted molar refractivity (Wildman–Crippen MR) is 95.2 cm³/mol. The summed E-state index contributed by atoms with van der Waals surface area (Å²) in [4.78, 5) is 11.9. The molecule has 1 amide bonds. The van der Waals surface area contributed by atoms with Gasteiger partial charge in [0.2, 0.25) is 5.91 Å². The first-order valence-corrected chi connectivity index (χ1v) is 8.76. The summed E-state index contributed by atoms with van der Waals surface area (Å²) < 4.78 is 0. The minimum Gasteiger partial charge on any atom is -0.355 e. The van der Waals surface area contributed by atoms with Crippen molar-refractivity contribution < 1.29 is 4.79 Å². The van der Waals surface area contributed by atoms with Crippen LogP contribution in [0.3, 0.4) is 0 Å². The lowest BCUT2D eigenvalue weighted by Gasteiger charge is -2.13. The number of nitrogens with one attached hydrogen (secondary N) is 1. The van der Waals surface area contributed by atoms with Crippen molar-refractivity contribution in [2.45, 2.75) is 25.5 Å². The summed E-state index contributed by atoms with van der Waals surface area (Å²) in [6, 6.07) is 18.6. The Morgan fingerprint density at radius 1 is 1.09 bits per heavy atom. The number of hydrogen-bond donors (Lipinski definition) is 1. The van der Waals surface area contributed by atoms with Gasteiger partial charge in [0.1, 0.15) is 0 Å². The van der Waals surface area contributed by atoms with Gasteiger partial charge in [-0.3, -0.25) is 4.79 Å². The third kappa shape index (κ3) is 5.23. The van der Waals surface area contributed by atoms with Crippen LogP contribution >= 0.6 is 11.8 Å². The van der Waals surface area contributed by atoms with E-state index < -0.39 is 0 Å². The van der Waals surface area contributed by atoms with Gasteiger partial charge >= 0.3 is 0 Å². The quantitative estimate of drug-likeness (QED) is 0.832. The Labute approximate surface area is 137 Å². The second-order valence-electron chi connectivity index (χ2n) is 5.54. The molecule has 0 bridgehead atoms.